The van der Waals surface area contributed by atoms with Gasteiger partial charge in [-0.05, 0) is 51.4 Å². The third kappa shape index (κ3) is 4.42. The first-order valence-electron chi connectivity index (χ1n) is 9.73. The highest BCUT2D eigenvalue weighted by Gasteiger charge is 2.17. The van der Waals surface area contributed by atoms with Crippen LogP contribution in [-0.4, -0.2) is 48.4 Å². The van der Waals surface area contributed by atoms with Gasteiger partial charge in [0.15, 0.2) is 17.3 Å². The van der Waals surface area contributed by atoms with Crippen molar-refractivity contribution >= 4 is 23.2 Å². The first kappa shape index (κ1) is 20.1. The second-order valence-corrected chi connectivity index (χ2v) is 7.21. The molecule has 0 saturated carbocycles. The SMILES string of the molecule is Cc1oc2c(C=O)c(O)ccc2c(=O)c1CCC(=O)NCCN1CCCCC1. The quantitative estimate of drug-likeness (QED) is 0.708. The number of piperidine rings is 1. The van der Waals surface area contributed by atoms with Crippen LogP contribution in [0.15, 0.2) is 21.3 Å². The summed E-state index contributed by atoms with van der Waals surface area (Å²) in [5.41, 5.74) is 0.177. The Labute approximate surface area is 163 Å². The van der Waals surface area contributed by atoms with E-state index in [1.807, 2.05) is 0 Å². The average Bonchev–Trinajstić information content (AvgIpc) is 2.68. The fourth-order valence-electron chi connectivity index (χ4n) is 3.68. The van der Waals surface area contributed by atoms with Crippen LogP contribution in [0, 0.1) is 6.92 Å². The molecule has 2 heterocycles. The molecule has 1 saturated heterocycles. The lowest BCUT2D eigenvalue weighted by Gasteiger charge is -2.26. The number of aromatic hydroxyl groups is 1. The summed E-state index contributed by atoms with van der Waals surface area (Å²) in [7, 11) is 0. The van der Waals surface area contributed by atoms with Gasteiger partial charge in [0, 0.05) is 25.1 Å². The van der Waals surface area contributed by atoms with Gasteiger partial charge in [0.1, 0.15) is 11.5 Å². The van der Waals surface area contributed by atoms with Crippen LogP contribution in [0.3, 0.4) is 0 Å². The predicted molar refractivity (Wildman–Crippen MR) is 106 cm³/mol. The Morgan fingerprint density at radius 3 is 2.75 bits per heavy atom. The third-order valence-corrected chi connectivity index (χ3v) is 5.29. The second kappa shape index (κ2) is 9.01. The second-order valence-electron chi connectivity index (χ2n) is 7.21. The van der Waals surface area contributed by atoms with Crippen LogP contribution in [-0.2, 0) is 11.2 Å². The molecule has 150 valence electrons. The largest absolute Gasteiger partial charge is 0.507 e. The van der Waals surface area contributed by atoms with Crippen LogP contribution in [0.5, 0.6) is 5.75 Å². The molecular formula is C21H26N2O5. The number of nitrogens with one attached hydrogen (secondary N) is 1. The van der Waals surface area contributed by atoms with Gasteiger partial charge < -0.3 is 19.7 Å². The molecule has 2 aromatic rings. The zero-order valence-corrected chi connectivity index (χ0v) is 16.1. The number of carbonyl (C=O) groups is 2. The van der Waals surface area contributed by atoms with Crippen molar-refractivity contribution in [2.75, 3.05) is 26.2 Å². The van der Waals surface area contributed by atoms with Crippen molar-refractivity contribution in [3.63, 3.8) is 0 Å². The number of benzene rings is 1. The van der Waals surface area contributed by atoms with Crippen molar-refractivity contribution in [1.29, 1.82) is 0 Å². The molecule has 0 aliphatic carbocycles. The van der Waals surface area contributed by atoms with Crippen LogP contribution in [0.2, 0.25) is 0 Å². The Bertz CT molecular complexity index is 929. The zero-order valence-electron chi connectivity index (χ0n) is 16.1. The minimum Gasteiger partial charge on any atom is -0.507 e. The summed E-state index contributed by atoms with van der Waals surface area (Å²) in [5.74, 6) is 0.0217. The van der Waals surface area contributed by atoms with Crippen molar-refractivity contribution in [1.82, 2.24) is 10.2 Å². The van der Waals surface area contributed by atoms with Crippen molar-refractivity contribution in [3.05, 3.63) is 39.2 Å². The molecule has 28 heavy (non-hydrogen) atoms. The highest BCUT2D eigenvalue weighted by Crippen LogP contribution is 2.25. The molecule has 1 amide bonds. The third-order valence-electron chi connectivity index (χ3n) is 5.29. The summed E-state index contributed by atoms with van der Waals surface area (Å²) >= 11 is 0. The molecule has 0 unspecified atom stereocenters. The highest BCUT2D eigenvalue weighted by atomic mass is 16.3. The number of hydrogen-bond acceptors (Lipinski definition) is 6. The molecule has 1 aliphatic rings. The van der Waals surface area contributed by atoms with E-state index < -0.39 is 0 Å². The zero-order chi connectivity index (χ0) is 20.1. The maximum absolute atomic E-state index is 12.8. The molecule has 7 nitrogen and oxygen atoms in total. The lowest BCUT2D eigenvalue weighted by molar-refractivity contribution is -0.121. The minimum absolute atomic E-state index is 0.0419. The lowest BCUT2D eigenvalue weighted by Crippen LogP contribution is -2.37. The number of phenols is 1. The monoisotopic (exact) mass is 386 g/mol. The van der Waals surface area contributed by atoms with Crippen molar-refractivity contribution in [3.8, 4) is 5.75 Å². The van der Waals surface area contributed by atoms with Crippen LogP contribution in [0.4, 0.5) is 0 Å². The average molecular weight is 386 g/mol. The number of rotatable bonds is 7. The summed E-state index contributed by atoms with van der Waals surface area (Å²) in [6.07, 6.45) is 4.63. The van der Waals surface area contributed by atoms with E-state index in [4.69, 9.17) is 4.42 Å². The van der Waals surface area contributed by atoms with E-state index in [-0.39, 0.29) is 46.5 Å². The van der Waals surface area contributed by atoms with Crippen molar-refractivity contribution < 1.29 is 19.1 Å². The molecule has 0 spiro atoms. The van der Waals surface area contributed by atoms with Gasteiger partial charge in [0.2, 0.25) is 5.91 Å². The number of nitrogens with zero attached hydrogens (tertiary/aromatic N) is 1. The summed E-state index contributed by atoms with van der Waals surface area (Å²) in [6.45, 7) is 5.26. The Morgan fingerprint density at radius 2 is 2.04 bits per heavy atom. The van der Waals surface area contributed by atoms with E-state index in [9.17, 15) is 19.5 Å². The van der Waals surface area contributed by atoms with Gasteiger partial charge in [0.25, 0.3) is 0 Å². The number of hydrogen-bond donors (Lipinski definition) is 2. The van der Waals surface area contributed by atoms with Gasteiger partial charge >= 0.3 is 0 Å². The number of fused-ring (bicyclic) bond motifs is 1. The lowest BCUT2D eigenvalue weighted by atomic mass is 10.0. The summed E-state index contributed by atoms with van der Waals surface area (Å²) in [6, 6.07) is 2.74. The van der Waals surface area contributed by atoms with Gasteiger partial charge in [-0.25, -0.2) is 0 Å². The van der Waals surface area contributed by atoms with Gasteiger partial charge in [0.05, 0.1) is 10.9 Å². The Balaban J connectivity index is 1.64. The molecule has 1 aromatic heterocycles. The first-order valence-corrected chi connectivity index (χ1v) is 9.73. The van der Waals surface area contributed by atoms with E-state index in [1.165, 1.54) is 31.4 Å². The summed E-state index contributed by atoms with van der Waals surface area (Å²) in [4.78, 5) is 38.5. The van der Waals surface area contributed by atoms with E-state index in [0.29, 0.717) is 24.2 Å². The van der Waals surface area contributed by atoms with Crippen LogP contribution >= 0.6 is 0 Å². The molecule has 1 aromatic carbocycles. The normalized spacial score (nSPS) is 14.9. The van der Waals surface area contributed by atoms with Crippen molar-refractivity contribution in [2.24, 2.45) is 0 Å². The van der Waals surface area contributed by atoms with E-state index in [2.05, 4.69) is 10.2 Å². The predicted octanol–water partition coefficient (Wildman–Crippen LogP) is 2.15. The van der Waals surface area contributed by atoms with Crippen LogP contribution in [0.1, 0.15) is 47.4 Å². The number of carbonyl (C=O) groups excluding carboxylic acids is 2. The molecular weight excluding hydrogens is 360 g/mol. The topological polar surface area (TPSA) is 99.8 Å². The van der Waals surface area contributed by atoms with Gasteiger partial charge in [-0.1, -0.05) is 6.42 Å². The molecule has 3 rings (SSSR count). The summed E-state index contributed by atoms with van der Waals surface area (Å²) in [5, 5.41) is 12.9. The minimum atomic E-state index is -0.275. The Morgan fingerprint density at radius 1 is 1.29 bits per heavy atom. The molecule has 0 radical (unpaired) electrons. The number of aldehydes is 1. The van der Waals surface area contributed by atoms with E-state index in [1.54, 1.807) is 6.92 Å². The van der Waals surface area contributed by atoms with Gasteiger partial charge in [-0.2, -0.15) is 0 Å². The van der Waals surface area contributed by atoms with E-state index >= 15 is 0 Å². The standard InChI is InChI=1S/C21H26N2O5/c1-14-15(6-8-19(26)22-9-12-23-10-3-2-4-11-23)20(27)16-5-7-18(25)17(13-24)21(16)28-14/h5,7,13,25H,2-4,6,8-12H2,1H3,(H,22,26). The van der Waals surface area contributed by atoms with Gasteiger partial charge in [-0.3, -0.25) is 14.4 Å². The van der Waals surface area contributed by atoms with E-state index in [0.717, 1.165) is 19.6 Å². The molecule has 1 aliphatic heterocycles. The number of amides is 1. The number of likely N-dealkylation sites (tertiary alicyclic amines) is 1. The van der Waals surface area contributed by atoms with Gasteiger partial charge in [-0.15, -0.1) is 0 Å². The summed E-state index contributed by atoms with van der Waals surface area (Å²) < 4.78 is 5.64. The Hall–Kier alpha value is -2.67. The maximum atomic E-state index is 12.8. The number of phenolic OH excluding ortho intramolecular Hbond substituents is 1. The highest BCUT2D eigenvalue weighted by molar-refractivity contribution is 5.97. The maximum Gasteiger partial charge on any atom is 0.220 e. The van der Waals surface area contributed by atoms with Crippen LogP contribution < -0.4 is 10.7 Å². The number of aryl methyl sites for hydroxylation is 1. The smallest absolute Gasteiger partial charge is 0.220 e. The molecule has 0 atom stereocenters. The molecule has 0 bridgehead atoms. The molecule has 7 heteroatoms. The Kier molecular flexibility index (Phi) is 6.46. The molecule has 1 fully saturated rings. The van der Waals surface area contributed by atoms with Crippen LogP contribution in [0.25, 0.3) is 11.0 Å². The fourth-order valence-corrected chi connectivity index (χ4v) is 3.68. The fraction of sp³-hybridized carbons (Fsp3) is 0.476. The first-order chi connectivity index (χ1) is 13.5. The molecule has 2 N–H and O–H groups in total. The van der Waals surface area contributed by atoms with Crippen molar-refractivity contribution in [2.45, 2.75) is 39.0 Å².